The maximum atomic E-state index is 9.35. The number of nitrogens with one attached hydrogen (secondary N) is 1. The molecule has 0 unspecified atom stereocenters. The van der Waals surface area contributed by atoms with Crippen molar-refractivity contribution in [3.05, 3.63) is 30.3 Å². The first-order valence-corrected chi connectivity index (χ1v) is 5.80. The van der Waals surface area contributed by atoms with Crippen LogP contribution >= 0.6 is 0 Å². The van der Waals surface area contributed by atoms with Crippen LogP contribution in [0, 0.1) is 5.92 Å². The number of nitrogens with two attached hydrogens (primary N) is 1. The van der Waals surface area contributed by atoms with Crippen LogP contribution in [-0.4, -0.2) is 23.8 Å². The van der Waals surface area contributed by atoms with Gasteiger partial charge in [0, 0.05) is 23.8 Å². The van der Waals surface area contributed by atoms with Crippen LogP contribution < -0.4 is 11.1 Å². The van der Waals surface area contributed by atoms with E-state index in [9.17, 15) is 5.11 Å². The Bertz CT molecular complexity index is 298. The molecule has 0 saturated carbocycles. The highest BCUT2D eigenvalue weighted by atomic mass is 16.3. The number of hydrogen-bond donors (Lipinski definition) is 3. The summed E-state index contributed by atoms with van der Waals surface area (Å²) < 4.78 is 0. The van der Waals surface area contributed by atoms with Crippen LogP contribution in [0.1, 0.15) is 20.3 Å². The van der Waals surface area contributed by atoms with Gasteiger partial charge in [0.25, 0.3) is 0 Å². The highest BCUT2D eigenvalue weighted by Crippen LogP contribution is 2.25. The molecular weight excluding hydrogens is 200 g/mol. The van der Waals surface area contributed by atoms with Crippen molar-refractivity contribution in [3.63, 3.8) is 0 Å². The van der Waals surface area contributed by atoms with E-state index in [0.717, 1.165) is 12.1 Å². The van der Waals surface area contributed by atoms with Crippen molar-refractivity contribution in [1.29, 1.82) is 0 Å². The minimum Gasteiger partial charge on any atom is -0.396 e. The molecule has 0 amide bonds. The van der Waals surface area contributed by atoms with Gasteiger partial charge in [0.2, 0.25) is 0 Å². The second-order valence-corrected chi connectivity index (χ2v) is 4.38. The third-order valence-corrected chi connectivity index (χ3v) is 3.34. The molecule has 0 fully saturated rings. The Morgan fingerprint density at radius 3 is 2.44 bits per heavy atom. The summed E-state index contributed by atoms with van der Waals surface area (Å²) in [5, 5.41) is 12.8. The Labute approximate surface area is 97.7 Å². The van der Waals surface area contributed by atoms with E-state index in [2.05, 4.69) is 19.2 Å². The maximum absolute atomic E-state index is 9.35. The summed E-state index contributed by atoms with van der Waals surface area (Å²) in [6.07, 6.45) is 0.921. The quantitative estimate of drug-likeness (QED) is 0.688. The lowest BCUT2D eigenvalue weighted by molar-refractivity contribution is 0.174. The summed E-state index contributed by atoms with van der Waals surface area (Å²) in [5.41, 5.74) is 6.61. The summed E-state index contributed by atoms with van der Waals surface area (Å²) in [5.74, 6) is 0.0673. The van der Waals surface area contributed by atoms with Gasteiger partial charge >= 0.3 is 0 Å². The van der Waals surface area contributed by atoms with Crippen molar-refractivity contribution in [2.24, 2.45) is 11.7 Å². The minimum atomic E-state index is -0.162. The second-order valence-electron chi connectivity index (χ2n) is 4.38. The normalized spacial score (nSPS) is 16.5. The van der Waals surface area contributed by atoms with E-state index in [1.807, 2.05) is 30.3 Å². The zero-order valence-corrected chi connectivity index (χ0v) is 10.1. The topological polar surface area (TPSA) is 58.3 Å². The number of benzene rings is 1. The van der Waals surface area contributed by atoms with Gasteiger partial charge in [-0.3, -0.25) is 0 Å². The number of aliphatic hydroxyl groups is 1. The molecular formula is C13H22N2O. The molecule has 0 saturated heterocycles. The first-order chi connectivity index (χ1) is 7.66. The predicted octanol–water partition coefficient (Wildman–Crippen LogP) is 1.83. The second kappa shape index (κ2) is 5.87. The van der Waals surface area contributed by atoms with E-state index >= 15 is 0 Å². The fourth-order valence-corrected chi connectivity index (χ4v) is 1.87. The average Bonchev–Trinajstić information content (AvgIpc) is 2.32. The molecule has 0 aliphatic rings. The van der Waals surface area contributed by atoms with Gasteiger partial charge in [-0.1, -0.05) is 25.1 Å². The van der Waals surface area contributed by atoms with Gasteiger partial charge in [0.05, 0.1) is 0 Å². The first kappa shape index (κ1) is 13.0. The molecule has 90 valence electrons. The average molecular weight is 222 g/mol. The Morgan fingerprint density at radius 2 is 2.00 bits per heavy atom. The Hall–Kier alpha value is -1.06. The molecule has 4 N–H and O–H groups in total. The van der Waals surface area contributed by atoms with E-state index < -0.39 is 0 Å². The number of hydrogen-bond acceptors (Lipinski definition) is 3. The molecule has 16 heavy (non-hydrogen) atoms. The first-order valence-electron chi connectivity index (χ1n) is 5.80. The van der Waals surface area contributed by atoms with E-state index in [4.69, 9.17) is 5.73 Å². The summed E-state index contributed by atoms with van der Waals surface area (Å²) in [4.78, 5) is 0. The van der Waals surface area contributed by atoms with Crippen LogP contribution in [0.25, 0.3) is 0 Å². The summed E-state index contributed by atoms with van der Waals surface area (Å²) in [6.45, 7) is 4.81. The number of aliphatic hydroxyl groups excluding tert-OH is 1. The largest absolute Gasteiger partial charge is 0.396 e. The van der Waals surface area contributed by atoms with Crippen molar-refractivity contribution in [1.82, 2.24) is 0 Å². The SMILES string of the molecule is CC[C@](C)(Nc1ccccc1)[C@@H](CN)CO. The lowest BCUT2D eigenvalue weighted by Gasteiger charge is -2.37. The number of rotatable bonds is 6. The summed E-state index contributed by atoms with van der Waals surface area (Å²) in [7, 11) is 0. The van der Waals surface area contributed by atoms with Crippen LogP contribution in [-0.2, 0) is 0 Å². The fourth-order valence-electron chi connectivity index (χ4n) is 1.87. The Morgan fingerprint density at radius 1 is 1.38 bits per heavy atom. The Balaban J connectivity index is 2.81. The van der Waals surface area contributed by atoms with E-state index in [1.54, 1.807) is 0 Å². The molecule has 3 nitrogen and oxygen atoms in total. The molecule has 1 aromatic carbocycles. The van der Waals surface area contributed by atoms with Gasteiger partial charge in [-0.25, -0.2) is 0 Å². The molecule has 0 bridgehead atoms. The van der Waals surface area contributed by atoms with Crippen molar-refractivity contribution in [3.8, 4) is 0 Å². The molecule has 0 aromatic heterocycles. The number of para-hydroxylation sites is 1. The lowest BCUT2D eigenvalue weighted by Crippen LogP contribution is -2.47. The van der Waals surface area contributed by atoms with Crippen LogP contribution in [0.5, 0.6) is 0 Å². The standard InChI is InChI=1S/C13H22N2O/c1-3-13(2,11(9-14)10-16)15-12-7-5-4-6-8-12/h4-8,11,15-16H,3,9-10,14H2,1-2H3/t11-,13-/m0/s1. The van der Waals surface area contributed by atoms with E-state index in [0.29, 0.717) is 6.54 Å². The molecule has 0 radical (unpaired) electrons. The van der Waals surface area contributed by atoms with Crippen molar-refractivity contribution in [2.75, 3.05) is 18.5 Å². The van der Waals surface area contributed by atoms with Gasteiger partial charge in [-0.05, 0) is 32.0 Å². The number of anilines is 1. The van der Waals surface area contributed by atoms with E-state index in [-0.39, 0.29) is 18.1 Å². The van der Waals surface area contributed by atoms with Crippen molar-refractivity contribution in [2.45, 2.75) is 25.8 Å². The molecule has 1 aromatic rings. The van der Waals surface area contributed by atoms with Crippen LogP contribution in [0.3, 0.4) is 0 Å². The zero-order chi connectivity index (χ0) is 12.0. The Kier molecular flexibility index (Phi) is 4.77. The van der Waals surface area contributed by atoms with Crippen molar-refractivity contribution < 1.29 is 5.11 Å². The zero-order valence-electron chi connectivity index (χ0n) is 10.1. The molecule has 0 heterocycles. The summed E-state index contributed by atoms with van der Waals surface area (Å²) >= 11 is 0. The van der Waals surface area contributed by atoms with Crippen LogP contribution in [0.4, 0.5) is 5.69 Å². The van der Waals surface area contributed by atoms with Crippen LogP contribution in [0.2, 0.25) is 0 Å². The highest BCUT2D eigenvalue weighted by Gasteiger charge is 2.30. The van der Waals surface area contributed by atoms with Gasteiger partial charge < -0.3 is 16.2 Å². The third kappa shape index (κ3) is 2.97. The van der Waals surface area contributed by atoms with E-state index in [1.165, 1.54) is 0 Å². The fraction of sp³-hybridized carbons (Fsp3) is 0.538. The molecule has 0 aliphatic carbocycles. The molecule has 0 aliphatic heterocycles. The molecule has 3 heteroatoms. The third-order valence-electron chi connectivity index (χ3n) is 3.34. The highest BCUT2D eigenvalue weighted by molar-refractivity contribution is 5.45. The molecule has 2 atom stereocenters. The molecule has 0 spiro atoms. The smallest absolute Gasteiger partial charge is 0.0493 e. The summed E-state index contributed by atoms with van der Waals surface area (Å²) in [6, 6.07) is 10.0. The van der Waals surface area contributed by atoms with Crippen molar-refractivity contribution >= 4 is 5.69 Å². The lowest BCUT2D eigenvalue weighted by atomic mass is 9.83. The van der Waals surface area contributed by atoms with Gasteiger partial charge in [-0.15, -0.1) is 0 Å². The monoisotopic (exact) mass is 222 g/mol. The maximum Gasteiger partial charge on any atom is 0.0493 e. The predicted molar refractivity (Wildman–Crippen MR) is 68.4 cm³/mol. The van der Waals surface area contributed by atoms with Gasteiger partial charge in [0.15, 0.2) is 0 Å². The minimum absolute atomic E-state index is 0.0673. The van der Waals surface area contributed by atoms with Gasteiger partial charge in [0.1, 0.15) is 0 Å². The van der Waals surface area contributed by atoms with Gasteiger partial charge in [-0.2, -0.15) is 0 Å². The van der Waals surface area contributed by atoms with Crippen LogP contribution in [0.15, 0.2) is 30.3 Å². The molecule has 1 rings (SSSR count).